The SMILES string of the molecule is C=NN(C)Cc1cc(Oc2c(F)cc3[nH]ccc3c2CCC)ccc1P. The van der Waals surface area contributed by atoms with Crippen molar-refractivity contribution >= 4 is 32.2 Å². The molecule has 0 bridgehead atoms. The highest BCUT2D eigenvalue weighted by atomic mass is 31.0. The van der Waals surface area contributed by atoms with E-state index in [1.165, 1.54) is 6.07 Å². The lowest BCUT2D eigenvalue weighted by Crippen LogP contribution is -2.14. The quantitative estimate of drug-likeness (QED) is 0.375. The van der Waals surface area contributed by atoms with E-state index < -0.39 is 0 Å². The number of benzene rings is 2. The average molecular weight is 371 g/mol. The number of H-pyrrole nitrogens is 1. The number of aromatic amines is 1. The van der Waals surface area contributed by atoms with Gasteiger partial charge in [0.2, 0.25) is 0 Å². The zero-order valence-corrected chi connectivity index (χ0v) is 16.2. The first-order chi connectivity index (χ1) is 12.5. The van der Waals surface area contributed by atoms with Crippen molar-refractivity contribution in [2.75, 3.05) is 7.05 Å². The minimum absolute atomic E-state index is 0.302. The predicted octanol–water partition coefficient (Wildman–Crippen LogP) is 4.60. The average Bonchev–Trinajstić information content (AvgIpc) is 3.08. The van der Waals surface area contributed by atoms with Gasteiger partial charge < -0.3 is 9.72 Å². The maximum atomic E-state index is 14.7. The molecule has 1 heterocycles. The standard InChI is InChI=1S/C20H23FN3OP/c1-4-5-16-15-8-9-23-18(15)11-17(21)20(16)25-14-6-7-19(26)13(10-14)12-24(3)22-2/h6-11,23H,2,4-5,12,26H2,1,3H3. The Labute approximate surface area is 155 Å². The van der Waals surface area contributed by atoms with Crippen LogP contribution in [0.15, 0.2) is 41.6 Å². The molecule has 0 saturated heterocycles. The zero-order chi connectivity index (χ0) is 18.7. The van der Waals surface area contributed by atoms with Crippen LogP contribution in [0.25, 0.3) is 10.9 Å². The van der Waals surface area contributed by atoms with Crippen LogP contribution in [0.3, 0.4) is 0 Å². The summed E-state index contributed by atoms with van der Waals surface area (Å²) in [5, 5.41) is 7.67. The van der Waals surface area contributed by atoms with Crippen LogP contribution in [0.5, 0.6) is 11.5 Å². The molecule has 0 aliphatic heterocycles. The van der Waals surface area contributed by atoms with E-state index in [0.717, 1.165) is 40.2 Å². The van der Waals surface area contributed by atoms with Crippen molar-refractivity contribution in [3.8, 4) is 11.5 Å². The van der Waals surface area contributed by atoms with Gasteiger partial charge in [0.1, 0.15) is 5.75 Å². The Morgan fingerprint density at radius 1 is 1.31 bits per heavy atom. The number of hydrazone groups is 1. The Balaban J connectivity index is 2.00. The predicted molar refractivity (Wildman–Crippen MR) is 109 cm³/mol. The first kappa shape index (κ1) is 18.4. The monoisotopic (exact) mass is 371 g/mol. The molecule has 0 amide bonds. The Morgan fingerprint density at radius 3 is 2.85 bits per heavy atom. The summed E-state index contributed by atoms with van der Waals surface area (Å²) in [6, 6.07) is 9.17. The van der Waals surface area contributed by atoms with E-state index in [1.807, 2.05) is 37.5 Å². The molecular formula is C20H23FN3OP. The largest absolute Gasteiger partial charge is 0.454 e. The fourth-order valence-electron chi connectivity index (χ4n) is 3.03. The molecule has 0 fully saturated rings. The van der Waals surface area contributed by atoms with Crippen LogP contribution in [0.4, 0.5) is 4.39 Å². The van der Waals surface area contributed by atoms with Gasteiger partial charge in [-0.15, -0.1) is 9.24 Å². The van der Waals surface area contributed by atoms with Gasteiger partial charge in [-0.25, -0.2) is 4.39 Å². The Kier molecular flexibility index (Phi) is 5.58. The lowest BCUT2D eigenvalue weighted by molar-refractivity contribution is 0.350. The van der Waals surface area contributed by atoms with Crippen LogP contribution in [-0.2, 0) is 13.0 Å². The first-order valence-corrected chi connectivity index (χ1v) is 9.13. The molecule has 0 radical (unpaired) electrons. The molecule has 0 spiro atoms. The topological polar surface area (TPSA) is 40.6 Å². The number of hydrogen-bond acceptors (Lipinski definition) is 3. The second kappa shape index (κ2) is 7.88. The van der Waals surface area contributed by atoms with Crippen molar-refractivity contribution in [2.45, 2.75) is 26.3 Å². The Bertz CT molecular complexity index is 938. The normalized spacial score (nSPS) is 10.9. The number of rotatable bonds is 7. The Hall–Kier alpha value is -2.39. The van der Waals surface area contributed by atoms with E-state index in [4.69, 9.17) is 4.74 Å². The fraction of sp³-hybridized carbons (Fsp3) is 0.250. The van der Waals surface area contributed by atoms with Crippen molar-refractivity contribution in [2.24, 2.45) is 5.10 Å². The zero-order valence-electron chi connectivity index (χ0n) is 15.1. The molecule has 0 aliphatic carbocycles. The highest BCUT2D eigenvalue weighted by molar-refractivity contribution is 7.27. The number of ether oxygens (including phenoxy) is 1. The molecule has 6 heteroatoms. The number of fused-ring (bicyclic) bond motifs is 1. The summed E-state index contributed by atoms with van der Waals surface area (Å²) >= 11 is 0. The van der Waals surface area contributed by atoms with Crippen LogP contribution in [0.2, 0.25) is 0 Å². The van der Waals surface area contributed by atoms with Gasteiger partial charge in [0, 0.05) is 42.5 Å². The number of nitrogens with zero attached hydrogens (tertiary/aromatic N) is 2. The summed E-state index contributed by atoms with van der Waals surface area (Å²) in [6.45, 7) is 6.20. The van der Waals surface area contributed by atoms with Gasteiger partial charge in [-0.2, -0.15) is 5.10 Å². The van der Waals surface area contributed by atoms with Gasteiger partial charge in [0.15, 0.2) is 11.6 Å². The molecule has 1 N–H and O–H groups in total. The van der Waals surface area contributed by atoms with E-state index in [-0.39, 0.29) is 5.82 Å². The number of hydrogen-bond donors (Lipinski definition) is 1. The highest BCUT2D eigenvalue weighted by Gasteiger charge is 2.16. The minimum atomic E-state index is -0.357. The maximum Gasteiger partial charge on any atom is 0.168 e. The summed E-state index contributed by atoms with van der Waals surface area (Å²) in [4.78, 5) is 3.07. The third-order valence-corrected chi connectivity index (χ3v) is 4.90. The minimum Gasteiger partial charge on any atom is -0.454 e. The van der Waals surface area contributed by atoms with Crippen LogP contribution in [-0.4, -0.2) is 23.8 Å². The van der Waals surface area contributed by atoms with Crippen molar-refractivity contribution < 1.29 is 9.13 Å². The van der Waals surface area contributed by atoms with Gasteiger partial charge in [0.05, 0.1) is 6.54 Å². The number of halogens is 1. The van der Waals surface area contributed by atoms with Crippen LogP contribution >= 0.6 is 9.24 Å². The van der Waals surface area contributed by atoms with Gasteiger partial charge in [-0.1, -0.05) is 19.4 Å². The maximum absolute atomic E-state index is 14.7. The summed E-state index contributed by atoms with van der Waals surface area (Å²) < 4.78 is 20.7. The summed E-state index contributed by atoms with van der Waals surface area (Å²) in [5.74, 6) is 0.552. The second-order valence-corrected chi connectivity index (χ2v) is 6.90. The van der Waals surface area contributed by atoms with Crippen molar-refractivity contribution in [3.05, 3.63) is 53.5 Å². The molecular weight excluding hydrogens is 348 g/mol. The van der Waals surface area contributed by atoms with E-state index in [1.54, 1.807) is 5.01 Å². The number of aromatic nitrogens is 1. The van der Waals surface area contributed by atoms with Crippen LogP contribution < -0.4 is 10.0 Å². The van der Waals surface area contributed by atoms with E-state index in [2.05, 4.69) is 33.0 Å². The van der Waals surface area contributed by atoms with Gasteiger partial charge in [-0.05, 0) is 35.5 Å². The molecule has 0 aliphatic rings. The van der Waals surface area contributed by atoms with Crippen molar-refractivity contribution in [3.63, 3.8) is 0 Å². The smallest absolute Gasteiger partial charge is 0.168 e. The molecule has 1 atom stereocenters. The molecule has 136 valence electrons. The highest BCUT2D eigenvalue weighted by Crippen LogP contribution is 2.35. The van der Waals surface area contributed by atoms with Crippen molar-refractivity contribution in [1.29, 1.82) is 0 Å². The third kappa shape index (κ3) is 3.73. The summed E-state index contributed by atoms with van der Waals surface area (Å²) in [6.07, 6.45) is 3.48. The van der Waals surface area contributed by atoms with Gasteiger partial charge in [0.25, 0.3) is 0 Å². The van der Waals surface area contributed by atoms with Gasteiger partial charge in [-0.3, -0.25) is 5.01 Å². The van der Waals surface area contributed by atoms with E-state index in [0.29, 0.717) is 18.0 Å². The van der Waals surface area contributed by atoms with Gasteiger partial charge >= 0.3 is 0 Å². The summed E-state index contributed by atoms with van der Waals surface area (Å²) in [7, 11) is 4.55. The van der Waals surface area contributed by atoms with Crippen LogP contribution in [0, 0.1) is 5.82 Å². The van der Waals surface area contributed by atoms with Crippen LogP contribution in [0.1, 0.15) is 24.5 Å². The molecule has 1 aromatic heterocycles. The Morgan fingerprint density at radius 2 is 2.12 bits per heavy atom. The molecule has 3 rings (SSSR count). The number of aryl methyl sites for hydroxylation is 1. The molecule has 2 aromatic carbocycles. The lowest BCUT2D eigenvalue weighted by Gasteiger charge is -2.17. The molecule has 26 heavy (non-hydrogen) atoms. The molecule has 1 unspecified atom stereocenters. The van der Waals surface area contributed by atoms with Crippen molar-refractivity contribution in [1.82, 2.24) is 9.99 Å². The molecule has 4 nitrogen and oxygen atoms in total. The fourth-order valence-corrected chi connectivity index (χ4v) is 3.30. The summed E-state index contributed by atoms with van der Waals surface area (Å²) in [5.41, 5.74) is 2.71. The first-order valence-electron chi connectivity index (χ1n) is 8.56. The molecule has 0 saturated carbocycles. The molecule has 3 aromatic rings. The number of nitrogens with one attached hydrogen (secondary N) is 1. The second-order valence-electron chi connectivity index (χ2n) is 6.27. The lowest BCUT2D eigenvalue weighted by atomic mass is 10.0. The van der Waals surface area contributed by atoms with E-state index in [9.17, 15) is 4.39 Å². The third-order valence-electron chi connectivity index (χ3n) is 4.34. The van der Waals surface area contributed by atoms with E-state index >= 15 is 0 Å².